The first-order valence-electron chi connectivity index (χ1n) is 10.1. The molecule has 2 aromatic heterocycles. The summed E-state index contributed by atoms with van der Waals surface area (Å²) in [4.78, 5) is 20.4. The molecule has 0 aliphatic carbocycles. The van der Waals surface area contributed by atoms with Crippen molar-refractivity contribution in [1.82, 2.24) is 25.5 Å². The topological polar surface area (TPSA) is 108 Å². The number of aryl methyl sites for hydroxylation is 2. The fourth-order valence-electron chi connectivity index (χ4n) is 3.30. The minimum absolute atomic E-state index is 0.168. The van der Waals surface area contributed by atoms with E-state index in [2.05, 4.69) is 36.1 Å². The molecule has 0 unspecified atom stereocenters. The molecule has 8 nitrogen and oxygen atoms in total. The molecule has 1 amide bonds. The predicted octanol–water partition coefficient (Wildman–Crippen LogP) is 5.12. The third kappa shape index (κ3) is 4.93. The molecular weight excluding hydrogens is 445 g/mol. The van der Waals surface area contributed by atoms with Crippen LogP contribution in [0.5, 0.6) is 0 Å². The zero-order valence-corrected chi connectivity index (χ0v) is 18.9. The van der Waals surface area contributed by atoms with Gasteiger partial charge in [0.25, 0.3) is 5.91 Å². The number of aromatic amines is 1. The van der Waals surface area contributed by atoms with Crippen LogP contribution >= 0.6 is 11.6 Å². The summed E-state index contributed by atoms with van der Waals surface area (Å²) in [5.74, 6) is 0.353. The molecule has 0 radical (unpaired) electrons. The van der Waals surface area contributed by atoms with Crippen LogP contribution in [-0.2, 0) is 0 Å². The number of benzene rings is 2. The number of carbonyl (C=O) groups is 1. The van der Waals surface area contributed by atoms with E-state index in [0.29, 0.717) is 27.8 Å². The first-order valence-corrected chi connectivity index (χ1v) is 10.4. The predicted molar refractivity (Wildman–Crippen MR) is 127 cm³/mol. The minimum atomic E-state index is -0.489. The van der Waals surface area contributed by atoms with E-state index < -0.39 is 5.82 Å². The van der Waals surface area contributed by atoms with Crippen molar-refractivity contribution in [1.29, 1.82) is 0 Å². The first kappa shape index (κ1) is 22.2. The first-order chi connectivity index (χ1) is 15.8. The quantitative estimate of drug-likeness (QED) is 0.314. The van der Waals surface area contributed by atoms with Crippen molar-refractivity contribution in [2.45, 2.75) is 13.8 Å². The van der Waals surface area contributed by atoms with E-state index in [4.69, 9.17) is 11.6 Å². The number of rotatable bonds is 6. The number of aromatic nitrogens is 4. The van der Waals surface area contributed by atoms with Crippen molar-refractivity contribution in [2.24, 2.45) is 0 Å². The second-order valence-electron chi connectivity index (χ2n) is 7.38. The molecule has 0 aliphatic heterocycles. The van der Waals surface area contributed by atoms with Gasteiger partial charge >= 0.3 is 0 Å². The van der Waals surface area contributed by atoms with Gasteiger partial charge in [0.05, 0.1) is 11.9 Å². The molecule has 0 saturated heterocycles. The fraction of sp³-hybridized carbons (Fsp3) is 0.130. The number of halogens is 2. The minimum Gasteiger partial charge on any atom is -0.355 e. The molecule has 0 aliphatic rings. The van der Waals surface area contributed by atoms with Gasteiger partial charge in [-0.2, -0.15) is 10.1 Å². The maximum absolute atomic E-state index is 15.0. The number of carbonyl (C=O) groups excluding carboxylic acids is 1. The average molecular weight is 466 g/mol. The van der Waals surface area contributed by atoms with Gasteiger partial charge in [0.2, 0.25) is 5.95 Å². The SMILES string of the molecule is CNC(=O)c1cccc(-c2cc(F)c(Nc3ncc(Cl)c(Nc4cc(C)[nH]n4)n3)cc2C)c1. The standard InChI is InChI=1S/C23H21ClFN7O/c1-12-7-19(18(25)10-16(12)14-5-4-6-15(9-14)22(33)26-3)28-23-27-11-17(24)21(30-23)29-20-8-13(2)31-32-20/h4-11H,1-3H3,(H,26,33)(H3,27,28,29,30,31,32). The molecule has 2 aromatic carbocycles. The molecule has 2 heterocycles. The van der Waals surface area contributed by atoms with Crippen LogP contribution < -0.4 is 16.0 Å². The van der Waals surface area contributed by atoms with E-state index in [1.165, 1.54) is 12.3 Å². The van der Waals surface area contributed by atoms with Crippen molar-refractivity contribution in [3.8, 4) is 11.1 Å². The highest BCUT2D eigenvalue weighted by atomic mass is 35.5. The maximum atomic E-state index is 15.0. The number of nitrogens with zero attached hydrogens (tertiary/aromatic N) is 3. The van der Waals surface area contributed by atoms with Crippen molar-refractivity contribution in [2.75, 3.05) is 17.7 Å². The Hall–Kier alpha value is -3.98. The van der Waals surface area contributed by atoms with Crippen LogP contribution in [0.2, 0.25) is 5.02 Å². The third-order valence-corrected chi connectivity index (χ3v) is 5.20. The molecule has 4 N–H and O–H groups in total. The van der Waals surface area contributed by atoms with Crippen molar-refractivity contribution in [3.63, 3.8) is 0 Å². The largest absolute Gasteiger partial charge is 0.355 e. The Balaban J connectivity index is 1.61. The molecular formula is C23H21ClFN7O. The summed E-state index contributed by atoms with van der Waals surface area (Å²) < 4.78 is 15.0. The second-order valence-corrected chi connectivity index (χ2v) is 7.79. The van der Waals surface area contributed by atoms with E-state index in [-0.39, 0.29) is 17.5 Å². The molecule has 0 fully saturated rings. The fourth-order valence-corrected chi connectivity index (χ4v) is 3.44. The molecule has 10 heteroatoms. The summed E-state index contributed by atoms with van der Waals surface area (Å²) in [6.07, 6.45) is 1.42. The lowest BCUT2D eigenvalue weighted by molar-refractivity contribution is 0.0963. The normalized spacial score (nSPS) is 10.7. The van der Waals surface area contributed by atoms with Crippen molar-refractivity contribution < 1.29 is 9.18 Å². The molecule has 0 saturated carbocycles. The lowest BCUT2D eigenvalue weighted by atomic mass is 9.98. The monoisotopic (exact) mass is 465 g/mol. The number of anilines is 4. The Kier molecular flexibility index (Phi) is 6.23. The molecule has 4 rings (SSSR count). The van der Waals surface area contributed by atoms with Crippen molar-refractivity contribution in [3.05, 3.63) is 76.3 Å². The third-order valence-electron chi connectivity index (χ3n) is 4.92. The number of nitrogens with one attached hydrogen (secondary N) is 4. The molecule has 0 atom stereocenters. The summed E-state index contributed by atoms with van der Waals surface area (Å²) in [5, 5.41) is 15.7. The van der Waals surface area contributed by atoms with Gasteiger partial charge < -0.3 is 16.0 Å². The highest BCUT2D eigenvalue weighted by Crippen LogP contribution is 2.31. The Morgan fingerprint density at radius 2 is 1.94 bits per heavy atom. The van der Waals surface area contributed by atoms with Crippen LogP contribution in [0.1, 0.15) is 21.6 Å². The highest BCUT2D eigenvalue weighted by Gasteiger charge is 2.14. The number of amides is 1. The van der Waals surface area contributed by atoms with Gasteiger partial charge in [0, 0.05) is 24.4 Å². The molecule has 0 bridgehead atoms. The number of hydrogen-bond acceptors (Lipinski definition) is 6. The van der Waals surface area contributed by atoms with E-state index in [1.54, 1.807) is 37.4 Å². The van der Waals surface area contributed by atoms with Gasteiger partial charge in [-0.05, 0) is 54.8 Å². The number of hydrogen-bond donors (Lipinski definition) is 4. The van der Waals surface area contributed by atoms with E-state index >= 15 is 4.39 Å². The van der Waals surface area contributed by atoms with Gasteiger partial charge in [-0.1, -0.05) is 23.7 Å². The van der Waals surface area contributed by atoms with Crippen LogP contribution in [0, 0.1) is 19.7 Å². The van der Waals surface area contributed by atoms with Crippen molar-refractivity contribution >= 4 is 40.8 Å². The highest BCUT2D eigenvalue weighted by molar-refractivity contribution is 6.32. The Labute approximate surface area is 194 Å². The average Bonchev–Trinajstić information content (AvgIpc) is 3.22. The summed E-state index contributed by atoms with van der Waals surface area (Å²) in [6, 6.07) is 11.9. The summed E-state index contributed by atoms with van der Waals surface area (Å²) in [6.45, 7) is 3.73. The summed E-state index contributed by atoms with van der Waals surface area (Å²) in [5.41, 5.74) is 3.81. The number of H-pyrrole nitrogens is 1. The lowest BCUT2D eigenvalue weighted by Gasteiger charge is -2.13. The van der Waals surface area contributed by atoms with Crippen LogP contribution in [0.3, 0.4) is 0 Å². The molecule has 4 aromatic rings. The van der Waals surface area contributed by atoms with Gasteiger partial charge in [0.15, 0.2) is 11.6 Å². The Morgan fingerprint density at radius 3 is 2.67 bits per heavy atom. The zero-order chi connectivity index (χ0) is 23.5. The van der Waals surface area contributed by atoms with E-state index in [1.807, 2.05) is 19.9 Å². The Morgan fingerprint density at radius 1 is 1.12 bits per heavy atom. The van der Waals surface area contributed by atoms with Crippen LogP contribution in [0.4, 0.5) is 27.7 Å². The Bertz CT molecular complexity index is 1340. The van der Waals surface area contributed by atoms with Gasteiger partial charge in [-0.15, -0.1) is 0 Å². The van der Waals surface area contributed by atoms with Crippen LogP contribution in [0.15, 0.2) is 48.7 Å². The smallest absolute Gasteiger partial charge is 0.251 e. The summed E-state index contributed by atoms with van der Waals surface area (Å²) >= 11 is 6.19. The van der Waals surface area contributed by atoms with Gasteiger partial charge in [-0.25, -0.2) is 9.37 Å². The van der Waals surface area contributed by atoms with E-state index in [9.17, 15) is 4.79 Å². The summed E-state index contributed by atoms with van der Waals surface area (Å²) in [7, 11) is 1.57. The molecule has 33 heavy (non-hydrogen) atoms. The molecule has 168 valence electrons. The second kappa shape index (κ2) is 9.25. The van der Waals surface area contributed by atoms with Gasteiger partial charge in [0.1, 0.15) is 10.8 Å². The van der Waals surface area contributed by atoms with E-state index in [0.717, 1.165) is 16.8 Å². The lowest BCUT2D eigenvalue weighted by Crippen LogP contribution is -2.17. The van der Waals surface area contributed by atoms with Gasteiger partial charge in [-0.3, -0.25) is 9.89 Å². The van der Waals surface area contributed by atoms with Crippen LogP contribution in [-0.4, -0.2) is 33.1 Å². The van der Waals surface area contributed by atoms with Crippen LogP contribution in [0.25, 0.3) is 11.1 Å². The maximum Gasteiger partial charge on any atom is 0.251 e. The zero-order valence-electron chi connectivity index (χ0n) is 18.1. The molecule has 0 spiro atoms.